The minimum Gasteiger partial charge on any atom is -0.389 e. The Kier molecular flexibility index (Phi) is 5.86. The quantitative estimate of drug-likeness (QED) is 0.676. The predicted octanol–water partition coefficient (Wildman–Crippen LogP) is 3.79. The first-order valence-corrected chi connectivity index (χ1v) is 12.0. The van der Waals surface area contributed by atoms with Gasteiger partial charge in [-0.25, -0.2) is 0 Å². The van der Waals surface area contributed by atoms with Crippen LogP contribution in [-0.2, 0) is 4.74 Å². The largest absolute Gasteiger partial charge is 0.389 e. The Morgan fingerprint density at radius 3 is 2.17 bits per heavy atom. The minimum absolute atomic E-state index is 0.366. The second-order valence-corrected chi connectivity index (χ2v) is 10.5. The molecule has 1 aliphatic heterocycles. The molecule has 1 heterocycles. The molecule has 4 aliphatic carbocycles. The van der Waals surface area contributed by atoms with Crippen LogP contribution >= 0.6 is 0 Å². The first-order chi connectivity index (χ1) is 14.2. The van der Waals surface area contributed by atoms with Crippen molar-refractivity contribution < 1.29 is 9.84 Å². The van der Waals surface area contributed by atoms with Gasteiger partial charge in [0.15, 0.2) is 0 Å². The first-order valence-electron chi connectivity index (χ1n) is 12.0. The summed E-state index contributed by atoms with van der Waals surface area (Å²) in [5.41, 5.74) is 1.90. The predicted molar refractivity (Wildman–Crippen MR) is 117 cm³/mol. The lowest BCUT2D eigenvalue weighted by molar-refractivity contribution is -0.0741. The van der Waals surface area contributed by atoms with Crippen LogP contribution in [0.15, 0.2) is 30.3 Å². The maximum Gasteiger partial charge on any atom is 0.0900 e. The second kappa shape index (κ2) is 8.56. The van der Waals surface area contributed by atoms with Gasteiger partial charge in [0.1, 0.15) is 0 Å². The molecule has 160 valence electrons. The number of piperazine rings is 1. The smallest absolute Gasteiger partial charge is 0.0900 e. The Balaban J connectivity index is 0.995. The summed E-state index contributed by atoms with van der Waals surface area (Å²) >= 11 is 0. The van der Waals surface area contributed by atoms with Crippen LogP contribution < -0.4 is 4.90 Å². The van der Waals surface area contributed by atoms with Crippen molar-refractivity contribution in [3.63, 3.8) is 0 Å². The van der Waals surface area contributed by atoms with E-state index in [2.05, 4.69) is 40.1 Å². The highest BCUT2D eigenvalue weighted by atomic mass is 16.5. The van der Waals surface area contributed by atoms with Gasteiger partial charge in [0.05, 0.1) is 12.7 Å². The van der Waals surface area contributed by atoms with Gasteiger partial charge in [0.2, 0.25) is 0 Å². The van der Waals surface area contributed by atoms with Crippen molar-refractivity contribution in [2.24, 2.45) is 23.2 Å². The zero-order chi connectivity index (χ0) is 19.7. The van der Waals surface area contributed by atoms with Crippen LogP contribution in [0.5, 0.6) is 0 Å². The summed E-state index contributed by atoms with van der Waals surface area (Å²) in [7, 11) is 0. The summed E-state index contributed by atoms with van der Waals surface area (Å²) < 4.78 is 5.98. The molecule has 6 rings (SSSR count). The van der Waals surface area contributed by atoms with E-state index in [-0.39, 0.29) is 6.10 Å². The number of hydrogen-bond acceptors (Lipinski definition) is 4. The Bertz CT molecular complexity index is 621. The molecule has 4 bridgehead atoms. The number of hydrogen-bond donors (Lipinski definition) is 1. The van der Waals surface area contributed by atoms with Gasteiger partial charge in [0, 0.05) is 45.0 Å². The number of nitrogens with zero attached hydrogens (tertiary/aromatic N) is 2. The number of aliphatic hydroxyl groups is 1. The summed E-state index contributed by atoms with van der Waals surface area (Å²) in [6.07, 6.45) is 9.75. The fourth-order valence-corrected chi connectivity index (χ4v) is 7.28. The Hall–Kier alpha value is -1.10. The SMILES string of the molecule is OC(COCCC12CC3CC(CC(C3)C1)C2)CN1CCN(c2ccccc2)CC1. The highest BCUT2D eigenvalue weighted by Gasteiger charge is 2.50. The maximum atomic E-state index is 10.5. The number of aliphatic hydroxyl groups excluding tert-OH is 1. The van der Waals surface area contributed by atoms with Crippen LogP contribution in [0.4, 0.5) is 5.69 Å². The van der Waals surface area contributed by atoms with Crippen molar-refractivity contribution in [2.45, 2.75) is 51.0 Å². The van der Waals surface area contributed by atoms with E-state index in [1.54, 1.807) is 0 Å². The van der Waals surface area contributed by atoms with Crippen LogP contribution in [0.25, 0.3) is 0 Å². The van der Waals surface area contributed by atoms with Crippen LogP contribution in [0.1, 0.15) is 44.9 Å². The van der Waals surface area contributed by atoms with E-state index in [0.29, 0.717) is 12.0 Å². The van der Waals surface area contributed by atoms with Crippen molar-refractivity contribution in [3.05, 3.63) is 30.3 Å². The third kappa shape index (κ3) is 4.65. The van der Waals surface area contributed by atoms with Gasteiger partial charge >= 0.3 is 0 Å². The van der Waals surface area contributed by atoms with Gasteiger partial charge in [-0.05, 0) is 80.2 Å². The van der Waals surface area contributed by atoms with Crippen molar-refractivity contribution in [1.29, 1.82) is 0 Å². The minimum atomic E-state index is -0.366. The van der Waals surface area contributed by atoms with Crippen LogP contribution in [0.3, 0.4) is 0 Å². The fraction of sp³-hybridized carbons (Fsp3) is 0.760. The van der Waals surface area contributed by atoms with E-state index in [1.807, 2.05) is 0 Å². The van der Waals surface area contributed by atoms with Crippen LogP contribution in [0, 0.1) is 23.2 Å². The molecule has 5 fully saturated rings. The molecule has 1 aromatic rings. The van der Waals surface area contributed by atoms with Crippen LogP contribution in [-0.4, -0.2) is 62.0 Å². The molecule has 4 nitrogen and oxygen atoms in total. The fourth-order valence-electron chi connectivity index (χ4n) is 7.28. The maximum absolute atomic E-state index is 10.5. The Labute approximate surface area is 176 Å². The number of para-hydroxylation sites is 1. The van der Waals surface area contributed by atoms with Gasteiger partial charge < -0.3 is 14.7 Å². The van der Waals surface area contributed by atoms with Crippen molar-refractivity contribution >= 4 is 5.69 Å². The molecule has 0 radical (unpaired) electrons. The zero-order valence-corrected chi connectivity index (χ0v) is 17.8. The lowest BCUT2D eigenvalue weighted by Gasteiger charge is -2.57. The topological polar surface area (TPSA) is 35.9 Å². The van der Waals surface area contributed by atoms with Gasteiger partial charge in [-0.3, -0.25) is 4.90 Å². The van der Waals surface area contributed by atoms with E-state index in [4.69, 9.17) is 4.74 Å². The van der Waals surface area contributed by atoms with Gasteiger partial charge in [-0.15, -0.1) is 0 Å². The van der Waals surface area contributed by atoms with E-state index in [9.17, 15) is 5.11 Å². The van der Waals surface area contributed by atoms with Crippen molar-refractivity contribution in [2.75, 3.05) is 50.8 Å². The van der Waals surface area contributed by atoms with Gasteiger partial charge in [0.25, 0.3) is 0 Å². The van der Waals surface area contributed by atoms with Crippen molar-refractivity contribution in [3.8, 4) is 0 Å². The number of β-amino-alcohol motifs (C(OH)–C–C–N with tert-alkyl or cyclic N) is 1. The third-order valence-corrected chi connectivity index (χ3v) is 8.21. The molecule has 0 spiro atoms. The van der Waals surface area contributed by atoms with Crippen LogP contribution in [0.2, 0.25) is 0 Å². The molecule has 0 aromatic heterocycles. The van der Waals surface area contributed by atoms with Gasteiger partial charge in [-0.2, -0.15) is 0 Å². The molecule has 1 aromatic carbocycles. The molecule has 1 N–H and O–H groups in total. The standard InChI is InChI=1S/C25H38N2O2/c28-24(18-26-7-9-27(10-8-26)23-4-2-1-3-5-23)19-29-11-6-25-15-20-12-21(16-25)14-22(13-20)17-25/h1-5,20-22,24,28H,6-19H2. The molecule has 1 saturated heterocycles. The highest BCUT2D eigenvalue weighted by Crippen LogP contribution is 2.61. The average molecular weight is 399 g/mol. The second-order valence-electron chi connectivity index (χ2n) is 10.5. The van der Waals surface area contributed by atoms with Crippen molar-refractivity contribution in [1.82, 2.24) is 4.90 Å². The summed E-state index contributed by atoms with van der Waals surface area (Å²) in [6, 6.07) is 10.6. The van der Waals surface area contributed by atoms with E-state index in [1.165, 1.54) is 50.6 Å². The lowest BCUT2D eigenvalue weighted by Crippen LogP contribution is -2.49. The molecule has 0 amide bonds. The summed E-state index contributed by atoms with van der Waals surface area (Å²) in [5.74, 6) is 3.05. The molecule has 5 aliphatic rings. The third-order valence-electron chi connectivity index (χ3n) is 8.21. The summed E-state index contributed by atoms with van der Waals surface area (Å²) in [6.45, 7) is 6.15. The molecular weight excluding hydrogens is 360 g/mol. The number of ether oxygens (including phenoxy) is 1. The van der Waals surface area contributed by atoms with E-state index in [0.717, 1.165) is 57.1 Å². The van der Waals surface area contributed by atoms with Gasteiger partial charge in [-0.1, -0.05) is 18.2 Å². The lowest BCUT2D eigenvalue weighted by atomic mass is 9.49. The normalized spacial score (nSPS) is 35.2. The zero-order valence-electron chi connectivity index (χ0n) is 17.8. The first kappa shape index (κ1) is 19.8. The Morgan fingerprint density at radius 2 is 1.55 bits per heavy atom. The summed E-state index contributed by atoms with van der Waals surface area (Å²) in [5, 5.41) is 10.5. The molecule has 29 heavy (non-hydrogen) atoms. The molecule has 4 saturated carbocycles. The number of rotatable bonds is 8. The monoisotopic (exact) mass is 398 g/mol. The summed E-state index contributed by atoms with van der Waals surface area (Å²) in [4.78, 5) is 4.82. The highest BCUT2D eigenvalue weighted by molar-refractivity contribution is 5.46. The molecular formula is C25H38N2O2. The molecule has 1 unspecified atom stereocenters. The average Bonchev–Trinajstić information content (AvgIpc) is 2.71. The number of benzene rings is 1. The van der Waals surface area contributed by atoms with E-state index < -0.39 is 0 Å². The molecule has 1 atom stereocenters. The number of anilines is 1. The van der Waals surface area contributed by atoms with E-state index >= 15 is 0 Å². The Morgan fingerprint density at radius 1 is 0.931 bits per heavy atom. The molecule has 4 heteroatoms.